The quantitative estimate of drug-likeness (QED) is 0.0934. The Morgan fingerprint density at radius 2 is 1.43 bits per heavy atom. The number of carboxylic acids is 2. The summed E-state index contributed by atoms with van der Waals surface area (Å²) in [5, 5.41) is 36.9. The highest BCUT2D eigenvalue weighted by Gasteiger charge is 2.32. The minimum Gasteiger partial charge on any atom is -0.508 e. The molecule has 0 radical (unpaired) electrons. The summed E-state index contributed by atoms with van der Waals surface area (Å²) in [7, 11) is 0. The number of amides is 3. The van der Waals surface area contributed by atoms with Crippen LogP contribution in [0.1, 0.15) is 36.8 Å². The van der Waals surface area contributed by atoms with Gasteiger partial charge in [-0.25, -0.2) is 4.79 Å². The summed E-state index contributed by atoms with van der Waals surface area (Å²) in [6, 6.07) is 7.73. The average Bonchev–Trinajstić information content (AvgIpc) is 3.39. The normalized spacial score (nSPS) is 13.8. The molecule has 4 unspecified atom stereocenters. The number of unbranched alkanes of at least 4 members (excludes halogenated alkanes) is 1. The van der Waals surface area contributed by atoms with Crippen LogP contribution in [0.3, 0.4) is 0 Å². The van der Waals surface area contributed by atoms with Gasteiger partial charge in [-0.2, -0.15) is 0 Å². The van der Waals surface area contributed by atoms with Crippen molar-refractivity contribution in [1.82, 2.24) is 20.9 Å². The molecule has 0 aliphatic carbocycles. The molecule has 3 aromatic rings. The molecule has 0 fully saturated rings. The minimum atomic E-state index is -1.66. The zero-order chi connectivity index (χ0) is 32.2. The summed E-state index contributed by atoms with van der Waals surface area (Å²) in [6.45, 7) is 0.428. The molecule has 3 amide bonds. The molecular formula is C30H38N6O8. The lowest BCUT2D eigenvalue weighted by molar-refractivity contribution is -0.143. The van der Waals surface area contributed by atoms with E-state index in [0.29, 0.717) is 36.9 Å². The number of nitrogens with two attached hydrogens (primary N) is 2. The lowest BCUT2D eigenvalue weighted by Gasteiger charge is -2.25. The summed E-state index contributed by atoms with van der Waals surface area (Å²) in [4.78, 5) is 66.2. The number of phenols is 1. The van der Waals surface area contributed by atoms with E-state index in [1.54, 1.807) is 18.3 Å². The number of para-hydroxylation sites is 1. The highest BCUT2D eigenvalue weighted by atomic mass is 16.4. The van der Waals surface area contributed by atoms with Crippen molar-refractivity contribution >= 4 is 40.6 Å². The number of aromatic nitrogens is 1. The number of aromatic hydroxyl groups is 1. The number of benzene rings is 2. The fraction of sp³-hybridized carbons (Fsp3) is 0.367. The van der Waals surface area contributed by atoms with E-state index in [1.165, 1.54) is 24.3 Å². The van der Waals surface area contributed by atoms with E-state index < -0.39 is 60.2 Å². The summed E-state index contributed by atoms with van der Waals surface area (Å²) < 4.78 is 0. The van der Waals surface area contributed by atoms with Gasteiger partial charge in [0.2, 0.25) is 17.7 Å². The van der Waals surface area contributed by atoms with E-state index in [-0.39, 0.29) is 18.6 Å². The van der Waals surface area contributed by atoms with Gasteiger partial charge in [-0.3, -0.25) is 19.2 Å². The van der Waals surface area contributed by atoms with Crippen LogP contribution in [0, 0.1) is 0 Å². The SMILES string of the molecule is NCCCCC(N)C(=O)NC(Cc1ccc(O)cc1)C(=O)NC(CC(=O)O)C(=O)NC(Cc1c[nH]c2ccccc12)C(=O)O. The van der Waals surface area contributed by atoms with E-state index >= 15 is 0 Å². The third-order valence-electron chi connectivity index (χ3n) is 7.04. The molecule has 14 nitrogen and oxygen atoms in total. The average molecular weight is 611 g/mol. The number of aromatic amines is 1. The van der Waals surface area contributed by atoms with Crippen LogP contribution in [0.25, 0.3) is 10.9 Å². The number of fused-ring (bicyclic) bond motifs is 1. The maximum atomic E-state index is 13.4. The Morgan fingerprint density at radius 3 is 2.09 bits per heavy atom. The number of hydrogen-bond acceptors (Lipinski definition) is 8. The number of carbonyl (C=O) groups excluding carboxylic acids is 3. The van der Waals surface area contributed by atoms with Gasteiger partial charge in [0.25, 0.3) is 0 Å². The van der Waals surface area contributed by atoms with Gasteiger partial charge >= 0.3 is 11.9 Å². The van der Waals surface area contributed by atoms with Gasteiger partial charge in [0.1, 0.15) is 23.9 Å². The molecule has 0 aliphatic heterocycles. The van der Waals surface area contributed by atoms with Gasteiger partial charge in [0.05, 0.1) is 12.5 Å². The monoisotopic (exact) mass is 610 g/mol. The first kappa shape index (κ1) is 33.6. The lowest BCUT2D eigenvalue weighted by Crippen LogP contribution is -2.58. The molecule has 44 heavy (non-hydrogen) atoms. The summed E-state index contributed by atoms with van der Waals surface area (Å²) >= 11 is 0. The van der Waals surface area contributed by atoms with E-state index in [1.807, 2.05) is 12.1 Å². The number of rotatable bonds is 17. The standard InChI is InChI=1S/C30H38N6O8/c31-12-4-3-6-21(32)27(40)34-23(13-17-8-10-19(37)11-9-17)28(41)35-24(15-26(38)39)29(42)36-25(30(43)44)14-18-16-33-22-7-2-1-5-20(18)22/h1-2,5,7-11,16,21,23-25,33,37H,3-4,6,12-15,31-32H2,(H,34,40)(H,35,41)(H,36,42)(H,38,39)(H,43,44). The molecule has 1 aromatic heterocycles. The molecule has 3 rings (SSSR count). The fourth-order valence-corrected chi connectivity index (χ4v) is 4.64. The van der Waals surface area contributed by atoms with Gasteiger partial charge in [0, 0.05) is 29.9 Å². The molecule has 1 heterocycles. The van der Waals surface area contributed by atoms with Crippen molar-refractivity contribution in [3.05, 3.63) is 65.9 Å². The van der Waals surface area contributed by atoms with Gasteiger partial charge < -0.3 is 47.7 Å². The molecule has 4 atom stereocenters. The Bertz CT molecular complexity index is 1460. The number of phenolic OH excluding ortho intramolecular Hbond substituents is 1. The van der Waals surface area contributed by atoms with Crippen LogP contribution in [0.2, 0.25) is 0 Å². The fourth-order valence-electron chi connectivity index (χ4n) is 4.64. The molecule has 2 aromatic carbocycles. The smallest absolute Gasteiger partial charge is 0.326 e. The van der Waals surface area contributed by atoms with Crippen molar-refractivity contribution in [1.29, 1.82) is 0 Å². The lowest BCUT2D eigenvalue weighted by atomic mass is 10.0. The summed E-state index contributed by atoms with van der Waals surface area (Å²) in [5.41, 5.74) is 13.4. The van der Waals surface area contributed by atoms with Gasteiger partial charge in [-0.15, -0.1) is 0 Å². The van der Waals surface area contributed by atoms with Crippen molar-refractivity contribution in [3.8, 4) is 5.75 Å². The number of nitrogens with one attached hydrogen (secondary N) is 4. The van der Waals surface area contributed by atoms with Crippen molar-refractivity contribution in [3.63, 3.8) is 0 Å². The highest BCUT2D eigenvalue weighted by Crippen LogP contribution is 2.19. The Balaban J connectivity index is 1.78. The predicted molar refractivity (Wildman–Crippen MR) is 160 cm³/mol. The zero-order valence-corrected chi connectivity index (χ0v) is 24.0. The maximum absolute atomic E-state index is 13.4. The van der Waals surface area contributed by atoms with Crippen molar-refractivity contribution < 1.29 is 39.3 Å². The Kier molecular flexibility index (Phi) is 12.2. The molecule has 0 aliphatic rings. The van der Waals surface area contributed by atoms with E-state index in [0.717, 1.165) is 10.9 Å². The first-order chi connectivity index (χ1) is 21.0. The maximum Gasteiger partial charge on any atom is 0.326 e. The van der Waals surface area contributed by atoms with Crippen LogP contribution < -0.4 is 27.4 Å². The highest BCUT2D eigenvalue weighted by molar-refractivity contribution is 5.96. The largest absolute Gasteiger partial charge is 0.508 e. The van der Waals surface area contributed by atoms with Gasteiger partial charge in [0.15, 0.2) is 0 Å². The number of aliphatic carboxylic acids is 2. The van der Waals surface area contributed by atoms with Crippen LogP contribution in [-0.2, 0) is 36.8 Å². The second-order valence-electron chi connectivity index (χ2n) is 10.4. The van der Waals surface area contributed by atoms with Crippen molar-refractivity contribution in [2.75, 3.05) is 6.54 Å². The molecule has 11 N–H and O–H groups in total. The predicted octanol–water partition coefficient (Wildman–Crippen LogP) is 0.129. The van der Waals surface area contributed by atoms with Crippen molar-refractivity contribution in [2.24, 2.45) is 11.5 Å². The first-order valence-corrected chi connectivity index (χ1v) is 14.1. The van der Waals surface area contributed by atoms with Gasteiger partial charge in [-0.05, 0) is 48.7 Å². The number of hydrogen-bond donors (Lipinski definition) is 9. The molecule has 0 saturated heterocycles. The Morgan fingerprint density at radius 1 is 0.795 bits per heavy atom. The molecule has 0 spiro atoms. The van der Waals surface area contributed by atoms with E-state index in [4.69, 9.17) is 11.5 Å². The Labute approximate surface area is 253 Å². The van der Waals surface area contributed by atoms with Crippen LogP contribution >= 0.6 is 0 Å². The zero-order valence-electron chi connectivity index (χ0n) is 24.0. The van der Waals surface area contributed by atoms with Crippen LogP contribution in [0.5, 0.6) is 5.75 Å². The summed E-state index contributed by atoms with van der Waals surface area (Å²) in [6.07, 6.45) is 2.14. The molecule has 0 bridgehead atoms. The summed E-state index contributed by atoms with van der Waals surface area (Å²) in [5.74, 6) is -5.34. The van der Waals surface area contributed by atoms with Gasteiger partial charge in [-0.1, -0.05) is 36.8 Å². The van der Waals surface area contributed by atoms with Crippen LogP contribution in [-0.4, -0.2) is 80.7 Å². The third kappa shape index (κ3) is 9.81. The molecule has 14 heteroatoms. The Hall–Kier alpha value is -4.95. The minimum absolute atomic E-state index is 0.0143. The van der Waals surface area contributed by atoms with Crippen molar-refractivity contribution in [2.45, 2.75) is 62.7 Å². The number of carbonyl (C=O) groups is 5. The molecular weight excluding hydrogens is 572 g/mol. The molecule has 236 valence electrons. The van der Waals surface area contributed by atoms with E-state index in [2.05, 4.69) is 20.9 Å². The third-order valence-corrected chi connectivity index (χ3v) is 7.04. The number of carboxylic acid groups (broad SMARTS) is 2. The first-order valence-electron chi connectivity index (χ1n) is 14.1. The second-order valence-corrected chi connectivity index (χ2v) is 10.4. The second kappa shape index (κ2) is 16.0. The van der Waals surface area contributed by atoms with Crippen LogP contribution in [0.4, 0.5) is 0 Å². The van der Waals surface area contributed by atoms with E-state index in [9.17, 15) is 39.3 Å². The topological polar surface area (TPSA) is 250 Å². The number of H-pyrrole nitrogens is 1. The molecule has 0 saturated carbocycles. The van der Waals surface area contributed by atoms with Crippen LogP contribution in [0.15, 0.2) is 54.7 Å².